The average molecular weight is 367 g/mol. The highest BCUT2D eigenvalue weighted by atomic mass is 16.5. The summed E-state index contributed by atoms with van der Waals surface area (Å²) in [7, 11) is 0. The molecule has 0 aliphatic rings. The molecule has 7 nitrogen and oxygen atoms in total. The normalized spacial score (nSPS) is 11.0. The first-order valence-corrected chi connectivity index (χ1v) is 8.60. The van der Waals surface area contributed by atoms with Crippen LogP contribution in [0.4, 0.5) is 5.69 Å². The zero-order chi connectivity index (χ0) is 19.6. The van der Waals surface area contributed by atoms with Gasteiger partial charge in [-0.25, -0.2) is 4.79 Å². The van der Waals surface area contributed by atoms with Crippen LogP contribution in [0.1, 0.15) is 35.9 Å². The number of carbonyl (C=O) groups excluding carboxylic acids is 1. The number of carboxylic acids is 1. The van der Waals surface area contributed by atoms with Crippen molar-refractivity contribution in [1.82, 2.24) is 9.78 Å². The van der Waals surface area contributed by atoms with Gasteiger partial charge < -0.3 is 15.2 Å². The van der Waals surface area contributed by atoms with E-state index in [-0.39, 0.29) is 11.9 Å². The van der Waals surface area contributed by atoms with Crippen LogP contribution in [0, 0.1) is 6.92 Å². The number of aliphatic carboxylic acids is 1. The van der Waals surface area contributed by atoms with E-state index in [4.69, 9.17) is 9.84 Å². The molecule has 140 valence electrons. The fourth-order valence-corrected chi connectivity index (χ4v) is 3.00. The monoisotopic (exact) mass is 367 g/mol. The van der Waals surface area contributed by atoms with E-state index in [1.54, 1.807) is 23.0 Å². The molecule has 0 radical (unpaired) electrons. The highest BCUT2D eigenvalue weighted by molar-refractivity contribution is 6.10. The number of benzene rings is 2. The quantitative estimate of drug-likeness (QED) is 0.694. The number of carbonyl (C=O) groups is 2. The lowest BCUT2D eigenvalue weighted by Gasteiger charge is -2.13. The second kappa shape index (κ2) is 7.49. The molecule has 0 saturated carbocycles. The van der Waals surface area contributed by atoms with Crippen molar-refractivity contribution in [3.63, 3.8) is 0 Å². The van der Waals surface area contributed by atoms with Crippen LogP contribution in [0.5, 0.6) is 5.75 Å². The molecule has 0 aliphatic heterocycles. The second-order valence-corrected chi connectivity index (χ2v) is 6.48. The van der Waals surface area contributed by atoms with E-state index in [1.165, 1.54) is 0 Å². The predicted molar refractivity (Wildman–Crippen MR) is 102 cm³/mol. The van der Waals surface area contributed by atoms with Crippen LogP contribution in [0.15, 0.2) is 42.6 Å². The molecule has 3 aromatic rings. The van der Waals surface area contributed by atoms with E-state index in [9.17, 15) is 9.59 Å². The number of nitrogens with zero attached hydrogens (tertiary/aromatic N) is 2. The van der Waals surface area contributed by atoms with Gasteiger partial charge in [-0.15, -0.1) is 0 Å². The average Bonchev–Trinajstić information content (AvgIpc) is 3.02. The minimum absolute atomic E-state index is 0.165. The Hall–Kier alpha value is -3.35. The van der Waals surface area contributed by atoms with Crippen molar-refractivity contribution in [3.8, 4) is 5.75 Å². The number of hydrogen-bond acceptors (Lipinski definition) is 4. The molecule has 0 unspecified atom stereocenters. The Kier molecular flexibility index (Phi) is 5.12. The molecule has 2 N–H and O–H groups in total. The lowest BCUT2D eigenvalue weighted by molar-refractivity contribution is -0.139. The number of rotatable bonds is 6. The minimum Gasteiger partial charge on any atom is -0.481 e. The third-order valence-electron chi connectivity index (χ3n) is 4.26. The van der Waals surface area contributed by atoms with Crippen molar-refractivity contribution in [1.29, 1.82) is 0 Å². The number of carboxylic acid groups (broad SMARTS) is 1. The van der Waals surface area contributed by atoms with E-state index >= 15 is 0 Å². The zero-order valence-corrected chi connectivity index (χ0v) is 15.4. The topological polar surface area (TPSA) is 93.4 Å². The van der Waals surface area contributed by atoms with E-state index in [0.717, 1.165) is 16.5 Å². The van der Waals surface area contributed by atoms with Gasteiger partial charge in [-0.3, -0.25) is 9.48 Å². The maximum Gasteiger partial charge on any atom is 0.341 e. The Morgan fingerprint density at radius 2 is 1.89 bits per heavy atom. The maximum absolute atomic E-state index is 12.7. The number of hydrogen-bond donors (Lipinski definition) is 2. The number of fused-ring (bicyclic) bond motifs is 1. The van der Waals surface area contributed by atoms with Gasteiger partial charge >= 0.3 is 5.97 Å². The van der Waals surface area contributed by atoms with Crippen molar-refractivity contribution in [3.05, 3.63) is 53.9 Å². The summed E-state index contributed by atoms with van der Waals surface area (Å²) in [6.45, 7) is 5.45. The van der Waals surface area contributed by atoms with Crippen LogP contribution in [-0.2, 0) is 4.79 Å². The highest BCUT2D eigenvalue weighted by Gasteiger charge is 2.17. The summed E-state index contributed by atoms with van der Waals surface area (Å²) >= 11 is 0. The Morgan fingerprint density at radius 1 is 1.19 bits per heavy atom. The Balaban J connectivity index is 1.92. The lowest BCUT2D eigenvalue weighted by Crippen LogP contribution is -2.14. The number of amides is 1. The minimum atomic E-state index is -1.05. The van der Waals surface area contributed by atoms with Gasteiger partial charge in [0.15, 0.2) is 6.61 Å². The first-order valence-electron chi connectivity index (χ1n) is 8.60. The van der Waals surface area contributed by atoms with Gasteiger partial charge in [-0.2, -0.15) is 5.10 Å². The van der Waals surface area contributed by atoms with Gasteiger partial charge in [0.1, 0.15) is 5.75 Å². The van der Waals surface area contributed by atoms with E-state index in [1.807, 2.05) is 45.0 Å². The smallest absolute Gasteiger partial charge is 0.341 e. The standard InChI is InChI=1S/C20H21N3O4/c1-12(2)23-13(3)16(10-21-23)20(26)22-17-8-9-18(27-11-19(24)25)15-7-5-4-6-14(15)17/h4-10,12H,11H2,1-3H3,(H,22,26)(H,24,25). The number of ether oxygens (including phenoxy) is 1. The molecule has 7 heteroatoms. The highest BCUT2D eigenvalue weighted by Crippen LogP contribution is 2.32. The predicted octanol–water partition coefficient (Wildman–Crippen LogP) is 3.64. The molecule has 27 heavy (non-hydrogen) atoms. The number of anilines is 1. The van der Waals surface area contributed by atoms with Crippen LogP contribution in [0.25, 0.3) is 10.8 Å². The van der Waals surface area contributed by atoms with Gasteiger partial charge in [0.2, 0.25) is 0 Å². The van der Waals surface area contributed by atoms with Crippen molar-refractivity contribution in [2.75, 3.05) is 11.9 Å². The van der Waals surface area contributed by atoms with E-state index < -0.39 is 12.6 Å². The summed E-state index contributed by atoms with van der Waals surface area (Å²) in [5.41, 5.74) is 1.93. The van der Waals surface area contributed by atoms with Gasteiger partial charge in [-0.1, -0.05) is 24.3 Å². The fraction of sp³-hybridized carbons (Fsp3) is 0.250. The van der Waals surface area contributed by atoms with E-state index in [2.05, 4.69) is 10.4 Å². The molecular weight excluding hydrogens is 346 g/mol. The van der Waals surface area contributed by atoms with Crippen LogP contribution >= 0.6 is 0 Å². The van der Waals surface area contributed by atoms with Crippen molar-refractivity contribution in [2.45, 2.75) is 26.8 Å². The first kappa shape index (κ1) is 18.4. The maximum atomic E-state index is 12.7. The van der Waals surface area contributed by atoms with Crippen LogP contribution < -0.4 is 10.1 Å². The third-order valence-corrected chi connectivity index (χ3v) is 4.26. The van der Waals surface area contributed by atoms with Crippen LogP contribution in [-0.4, -0.2) is 33.4 Å². The lowest BCUT2D eigenvalue weighted by atomic mass is 10.1. The van der Waals surface area contributed by atoms with Gasteiger partial charge in [0.25, 0.3) is 5.91 Å². The molecule has 0 aliphatic carbocycles. The molecule has 0 saturated heterocycles. The fourth-order valence-electron chi connectivity index (χ4n) is 3.00. The van der Waals surface area contributed by atoms with Gasteiger partial charge in [0, 0.05) is 28.2 Å². The molecule has 0 spiro atoms. The molecule has 3 rings (SSSR count). The van der Waals surface area contributed by atoms with Crippen LogP contribution in [0.2, 0.25) is 0 Å². The summed E-state index contributed by atoms with van der Waals surface area (Å²) in [5.74, 6) is -0.840. The van der Waals surface area contributed by atoms with Crippen molar-refractivity contribution >= 4 is 28.3 Å². The van der Waals surface area contributed by atoms with E-state index in [0.29, 0.717) is 17.0 Å². The summed E-state index contributed by atoms with van der Waals surface area (Å²) in [6.07, 6.45) is 1.57. The summed E-state index contributed by atoms with van der Waals surface area (Å²) in [4.78, 5) is 23.5. The third kappa shape index (κ3) is 3.76. The largest absolute Gasteiger partial charge is 0.481 e. The summed E-state index contributed by atoms with van der Waals surface area (Å²) < 4.78 is 7.15. The Bertz CT molecular complexity index is 1010. The van der Waals surface area contributed by atoms with Crippen LogP contribution in [0.3, 0.4) is 0 Å². The Labute approximate surface area is 156 Å². The summed E-state index contributed by atoms with van der Waals surface area (Å²) in [6, 6.07) is 10.9. The Morgan fingerprint density at radius 3 is 2.52 bits per heavy atom. The second-order valence-electron chi connectivity index (χ2n) is 6.48. The molecule has 2 aromatic carbocycles. The number of nitrogens with one attached hydrogen (secondary N) is 1. The molecular formula is C20H21N3O4. The molecule has 1 amide bonds. The number of aromatic nitrogens is 2. The first-order chi connectivity index (χ1) is 12.9. The molecule has 0 fully saturated rings. The van der Waals surface area contributed by atoms with Gasteiger partial charge in [0.05, 0.1) is 11.8 Å². The van der Waals surface area contributed by atoms with Crippen molar-refractivity contribution in [2.24, 2.45) is 0 Å². The molecule has 1 heterocycles. The SMILES string of the molecule is Cc1c(C(=O)Nc2ccc(OCC(=O)O)c3ccccc23)cnn1C(C)C. The molecule has 0 bridgehead atoms. The van der Waals surface area contributed by atoms with Crippen molar-refractivity contribution < 1.29 is 19.4 Å². The molecule has 0 atom stereocenters. The summed E-state index contributed by atoms with van der Waals surface area (Å²) in [5, 5.41) is 17.5. The zero-order valence-electron chi connectivity index (χ0n) is 15.4. The molecule has 1 aromatic heterocycles. The van der Waals surface area contributed by atoms with Gasteiger partial charge in [-0.05, 0) is 32.9 Å².